The second-order valence-electron chi connectivity index (χ2n) is 7.97. The quantitative estimate of drug-likeness (QED) is 0.361. The molecule has 2 aromatic rings. The normalized spacial score (nSPS) is 15.5. The fourth-order valence-corrected chi connectivity index (χ4v) is 5.81. The van der Waals surface area contributed by atoms with Gasteiger partial charge in [0.1, 0.15) is 5.75 Å². The van der Waals surface area contributed by atoms with E-state index in [4.69, 9.17) is 4.74 Å². The van der Waals surface area contributed by atoms with Gasteiger partial charge in [0.05, 0.1) is 28.4 Å². The van der Waals surface area contributed by atoms with Gasteiger partial charge in [-0.1, -0.05) is 39.5 Å². The Kier molecular flexibility index (Phi) is 8.03. The van der Waals surface area contributed by atoms with Crippen molar-refractivity contribution in [3.63, 3.8) is 0 Å². The second kappa shape index (κ2) is 10.3. The van der Waals surface area contributed by atoms with E-state index in [9.17, 15) is 13.6 Å². The van der Waals surface area contributed by atoms with Crippen LogP contribution in [0, 0.1) is 17.0 Å². The number of methoxy groups -OCH3 is 1. The molecule has 31 heavy (non-hydrogen) atoms. The smallest absolute Gasteiger partial charge is 0.238 e. The molecule has 1 heterocycles. The molecule has 7 heteroatoms. The Morgan fingerprint density at radius 2 is 1.77 bits per heavy atom. The van der Waals surface area contributed by atoms with Gasteiger partial charge in [0.15, 0.2) is 11.6 Å². The van der Waals surface area contributed by atoms with Crippen molar-refractivity contribution in [1.82, 2.24) is 0 Å². The van der Waals surface area contributed by atoms with Crippen LogP contribution < -0.4 is 9.64 Å². The molecule has 0 aromatic heterocycles. The first kappa shape index (κ1) is 24.1. The summed E-state index contributed by atoms with van der Waals surface area (Å²) in [7, 11) is 1.60. The Labute approximate surface area is 195 Å². The number of anilines is 2. The van der Waals surface area contributed by atoms with Crippen molar-refractivity contribution in [2.75, 3.05) is 17.8 Å². The summed E-state index contributed by atoms with van der Waals surface area (Å²) in [6, 6.07) is 7.39. The van der Waals surface area contributed by atoms with E-state index in [1.807, 2.05) is 12.1 Å². The van der Waals surface area contributed by atoms with Gasteiger partial charge in [0.2, 0.25) is 5.91 Å². The molecule has 0 aliphatic carbocycles. The molecule has 0 atom stereocenters. The molecule has 0 bridgehead atoms. The van der Waals surface area contributed by atoms with E-state index >= 15 is 0 Å². The van der Waals surface area contributed by atoms with E-state index in [0.717, 1.165) is 55.6 Å². The van der Waals surface area contributed by atoms with Crippen molar-refractivity contribution in [3.8, 4) is 5.75 Å². The van der Waals surface area contributed by atoms with Gasteiger partial charge < -0.3 is 4.74 Å². The zero-order valence-electron chi connectivity index (χ0n) is 18.1. The molecule has 168 valence electrons. The number of carbonyl (C=O) groups excluding carboxylic acids is 1. The lowest BCUT2D eigenvalue weighted by Gasteiger charge is -2.35. The Balaban J connectivity index is 2.21. The summed E-state index contributed by atoms with van der Waals surface area (Å²) < 4.78 is 34.0. The Morgan fingerprint density at radius 1 is 1.10 bits per heavy atom. The largest absolute Gasteiger partial charge is 0.496 e. The van der Waals surface area contributed by atoms with E-state index in [2.05, 4.69) is 29.8 Å². The molecule has 0 N–H and O–H groups in total. The average molecular weight is 512 g/mol. The van der Waals surface area contributed by atoms with Crippen LogP contribution in [0.1, 0.15) is 52.4 Å². The number of ether oxygens (including phenoxy) is 1. The summed E-state index contributed by atoms with van der Waals surface area (Å²) in [5, 5.41) is 0. The standard InChI is InChI=1S/C24H28BrF2NO2S/c1-4-6-10-24(11-7-5-2)15-31-22-14-21(30-3)17(25)13-20(22)28(23(24)29)16-8-9-18(26)19(27)12-16/h8-9,12-14H,4-7,10-11,15H2,1-3H3. The molecule has 1 amide bonds. The molecule has 1 aliphatic rings. The first-order valence-corrected chi connectivity index (χ1v) is 12.4. The third-order valence-corrected chi connectivity index (χ3v) is 7.77. The summed E-state index contributed by atoms with van der Waals surface area (Å²) in [6.07, 6.45) is 5.38. The lowest BCUT2D eigenvalue weighted by atomic mass is 9.78. The number of benzene rings is 2. The molecule has 3 nitrogen and oxygen atoms in total. The summed E-state index contributed by atoms with van der Waals surface area (Å²) >= 11 is 5.15. The molecule has 1 aliphatic heterocycles. The van der Waals surface area contributed by atoms with Gasteiger partial charge in [-0.3, -0.25) is 9.69 Å². The summed E-state index contributed by atoms with van der Waals surface area (Å²) in [6.45, 7) is 4.23. The van der Waals surface area contributed by atoms with Gasteiger partial charge in [-0.05, 0) is 53.0 Å². The third-order valence-electron chi connectivity index (χ3n) is 5.81. The fourth-order valence-electron chi connectivity index (χ4n) is 3.99. The molecule has 0 saturated heterocycles. The first-order chi connectivity index (χ1) is 14.9. The average Bonchev–Trinajstić information content (AvgIpc) is 2.87. The second-order valence-corrected chi connectivity index (χ2v) is 9.84. The fraction of sp³-hybridized carbons (Fsp3) is 0.458. The molecule has 0 saturated carbocycles. The van der Waals surface area contributed by atoms with Crippen molar-refractivity contribution >= 4 is 45.0 Å². The molecule has 2 aromatic carbocycles. The number of hydrogen-bond donors (Lipinski definition) is 0. The van der Waals surface area contributed by atoms with Gasteiger partial charge in [-0.15, -0.1) is 11.8 Å². The van der Waals surface area contributed by atoms with E-state index in [0.29, 0.717) is 27.3 Å². The van der Waals surface area contributed by atoms with Gasteiger partial charge in [0, 0.05) is 16.7 Å². The molecule has 0 radical (unpaired) electrons. The minimum Gasteiger partial charge on any atom is -0.496 e. The molecular formula is C24H28BrF2NO2S. The highest BCUT2D eigenvalue weighted by atomic mass is 79.9. The van der Waals surface area contributed by atoms with Crippen LogP contribution in [0.15, 0.2) is 39.7 Å². The summed E-state index contributed by atoms with van der Waals surface area (Å²) in [4.78, 5) is 16.6. The Hall–Kier alpha value is -1.60. The number of amides is 1. The number of nitrogens with zero attached hydrogens (tertiary/aromatic N) is 1. The Morgan fingerprint density at radius 3 is 2.35 bits per heavy atom. The van der Waals surface area contributed by atoms with Crippen LogP contribution in [0.5, 0.6) is 5.75 Å². The number of thioether (sulfide) groups is 1. The molecular weight excluding hydrogens is 484 g/mol. The maximum absolute atomic E-state index is 14.2. The highest BCUT2D eigenvalue weighted by Gasteiger charge is 2.44. The topological polar surface area (TPSA) is 29.5 Å². The zero-order valence-corrected chi connectivity index (χ0v) is 20.5. The highest BCUT2D eigenvalue weighted by molar-refractivity contribution is 9.10. The van der Waals surface area contributed by atoms with Crippen LogP contribution in [-0.2, 0) is 4.79 Å². The van der Waals surface area contributed by atoms with E-state index in [-0.39, 0.29) is 5.91 Å². The molecule has 0 spiro atoms. The summed E-state index contributed by atoms with van der Waals surface area (Å²) in [5.41, 5.74) is 0.422. The van der Waals surface area contributed by atoms with Crippen molar-refractivity contribution in [2.45, 2.75) is 57.3 Å². The van der Waals surface area contributed by atoms with E-state index in [1.165, 1.54) is 6.07 Å². The maximum Gasteiger partial charge on any atom is 0.238 e. The van der Waals surface area contributed by atoms with Crippen LogP contribution in [0.2, 0.25) is 0 Å². The number of carbonyl (C=O) groups is 1. The van der Waals surface area contributed by atoms with Crippen LogP contribution in [0.25, 0.3) is 0 Å². The molecule has 0 unspecified atom stereocenters. The van der Waals surface area contributed by atoms with Crippen molar-refractivity contribution in [3.05, 3.63) is 46.4 Å². The SMILES string of the molecule is CCCCC1(CCCC)CSc2cc(OC)c(Br)cc2N(c2ccc(F)c(F)c2)C1=O. The third kappa shape index (κ3) is 4.92. The van der Waals surface area contributed by atoms with Gasteiger partial charge in [0.25, 0.3) is 0 Å². The van der Waals surface area contributed by atoms with Crippen LogP contribution in [-0.4, -0.2) is 18.8 Å². The number of rotatable bonds is 8. The van der Waals surface area contributed by atoms with Crippen LogP contribution in [0.4, 0.5) is 20.2 Å². The summed E-state index contributed by atoms with van der Waals surface area (Å²) in [5.74, 6) is -0.643. The number of halogens is 3. The first-order valence-electron chi connectivity index (χ1n) is 10.7. The zero-order chi connectivity index (χ0) is 22.6. The molecule has 0 fully saturated rings. The lowest BCUT2D eigenvalue weighted by molar-refractivity contribution is -0.127. The van der Waals surface area contributed by atoms with Crippen molar-refractivity contribution < 1.29 is 18.3 Å². The van der Waals surface area contributed by atoms with Crippen LogP contribution >= 0.6 is 27.7 Å². The lowest BCUT2D eigenvalue weighted by Crippen LogP contribution is -2.43. The number of hydrogen-bond acceptors (Lipinski definition) is 3. The van der Waals surface area contributed by atoms with Gasteiger partial charge in [-0.25, -0.2) is 8.78 Å². The minimum absolute atomic E-state index is 0.0521. The van der Waals surface area contributed by atoms with Gasteiger partial charge in [-0.2, -0.15) is 0 Å². The van der Waals surface area contributed by atoms with Crippen molar-refractivity contribution in [1.29, 1.82) is 0 Å². The maximum atomic E-state index is 14.2. The Bertz CT molecular complexity index is 945. The van der Waals surface area contributed by atoms with Crippen molar-refractivity contribution in [2.24, 2.45) is 5.41 Å². The molecule has 3 rings (SSSR count). The minimum atomic E-state index is -0.968. The van der Waals surface area contributed by atoms with E-state index < -0.39 is 17.0 Å². The van der Waals surface area contributed by atoms with E-state index in [1.54, 1.807) is 23.8 Å². The van der Waals surface area contributed by atoms with Crippen LogP contribution in [0.3, 0.4) is 0 Å². The number of fused-ring (bicyclic) bond motifs is 1. The highest BCUT2D eigenvalue weighted by Crippen LogP contribution is 2.50. The number of unbranched alkanes of at least 4 members (excludes halogenated alkanes) is 2. The monoisotopic (exact) mass is 511 g/mol. The van der Waals surface area contributed by atoms with Gasteiger partial charge >= 0.3 is 0 Å². The predicted molar refractivity (Wildman–Crippen MR) is 126 cm³/mol. The predicted octanol–water partition coefficient (Wildman–Crippen LogP) is 7.87.